The van der Waals surface area contributed by atoms with Crippen molar-refractivity contribution in [1.29, 1.82) is 0 Å². The molecule has 0 unspecified atom stereocenters. The molecule has 100 valence electrons. The summed E-state index contributed by atoms with van der Waals surface area (Å²) in [6.07, 6.45) is 0. The third-order valence-electron chi connectivity index (χ3n) is 2.45. The van der Waals surface area contributed by atoms with Gasteiger partial charge in [-0.15, -0.1) is 0 Å². The third-order valence-corrected chi connectivity index (χ3v) is 2.45. The van der Waals surface area contributed by atoms with Crippen molar-refractivity contribution in [2.24, 2.45) is 5.92 Å². The van der Waals surface area contributed by atoms with Crippen molar-refractivity contribution in [3.8, 4) is 0 Å². The number of carbonyl (C=O) groups is 1. The molecule has 18 heavy (non-hydrogen) atoms. The van der Waals surface area contributed by atoms with E-state index in [1.165, 1.54) is 19.2 Å². The van der Waals surface area contributed by atoms with Gasteiger partial charge >= 0.3 is 11.9 Å². The minimum Gasteiger partial charge on any atom is -0.468 e. The van der Waals surface area contributed by atoms with Crippen LogP contribution in [0.5, 0.6) is 0 Å². The zero-order valence-corrected chi connectivity index (χ0v) is 10.5. The molecule has 0 spiro atoms. The molecule has 1 aromatic rings. The molecule has 0 aromatic carbocycles. The molecule has 0 saturated carbocycles. The SMILES string of the molecule is COC(=O)[C@H](NCc1ccc([N+](=O)[O-])o1)C(C)C. The van der Waals surface area contributed by atoms with Gasteiger partial charge in [-0.25, -0.2) is 0 Å². The van der Waals surface area contributed by atoms with Crippen LogP contribution in [0.3, 0.4) is 0 Å². The van der Waals surface area contributed by atoms with Gasteiger partial charge in [0.05, 0.1) is 19.7 Å². The van der Waals surface area contributed by atoms with Crippen molar-refractivity contribution in [1.82, 2.24) is 5.32 Å². The zero-order valence-electron chi connectivity index (χ0n) is 10.5. The maximum Gasteiger partial charge on any atom is 0.433 e. The van der Waals surface area contributed by atoms with E-state index in [1.807, 2.05) is 13.8 Å². The molecule has 1 rings (SSSR count). The Morgan fingerprint density at radius 2 is 2.22 bits per heavy atom. The molecule has 0 saturated heterocycles. The first kappa shape index (κ1) is 14.2. The van der Waals surface area contributed by atoms with Gasteiger partial charge in [-0.2, -0.15) is 0 Å². The highest BCUT2D eigenvalue weighted by atomic mass is 16.6. The summed E-state index contributed by atoms with van der Waals surface area (Å²) in [7, 11) is 1.32. The molecule has 0 aliphatic carbocycles. The van der Waals surface area contributed by atoms with E-state index in [9.17, 15) is 14.9 Å². The van der Waals surface area contributed by atoms with Crippen LogP contribution in [0.1, 0.15) is 19.6 Å². The highest BCUT2D eigenvalue weighted by Gasteiger charge is 2.23. The Bertz CT molecular complexity index is 427. The third kappa shape index (κ3) is 3.56. The molecule has 0 amide bonds. The van der Waals surface area contributed by atoms with E-state index in [4.69, 9.17) is 4.42 Å². The Hall–Kier alpha value is -1.89. The van der Waals surface area contributed by atoms with Gasteiger partial charge in [-0.05, 0) is 12.0 Å². The molecule has 1 atom stereocenters. The summed E-state index contributed by atoms with van der Waals surface area (Å²) >= 11 is 0. The molecular weight excluding hydrogens is 240 g/mol. The second kappa shape index (κ2) is 6.15. The van der Waals surface area contributed by atoms with Crippen LogP contribution in [-0.4, -0.2) is 24.0 Å². The van der Waals surface area contributed by atoms with Crippen LogP contribution in [-0.2, 0) is 16.1 Å². The van der Waals surface area contributed by atoms with Gasteiger partial charge in [0.2, 0.25) is 0 Å². The smallest absolute Gasteiger partial charge is 0.433 e. The molecule has 0 aliphatic heterocycles. The molecule has 7 nitrogen and oxygen atoms in total. The highest BCUT2D eigenvalue weighted by Crippen LogP contribution is 2.16. The van der Waals surface area contributed by atoms with Crippen LogP contribution in [0.15, 0.2) is 16.5 Å². The van der Waals surface area contributed by atoms with Gasteiger partial charge in [0.25, 0.3) is 0 Å². The second-order valence-corrected chi connectivity index (χ2v) is 4.12. The predicted octanol–water partition coefficient (Wildman–Crippen LogP) is 1.47. The molecular formula is C11H16N2O5. The average molecular weight is 256 g/mol. The average Bonchev–Trinajstić information content (AvgIpc) is 2.77. The van der Waals surface area contributed by atoms with Crippen molar-refractivity contribution < 1.29 is 18.9 Å². The number of hydrogen-bond acceptors (Lipinski definition) is 6. The van der Waals surface area contributed by atoms with E-state index in [-0.39, 0.29) is 24.3 Å². The van der Waals surface area contributed by atoms with Crippen molar-refractivity contribution in [2.45, 2.75) is 26.4 Å². The molecule has 1 heterocycles. The quantitative estimate of drug-likeness (QED) is 0.470. The van der Waals surface area contributed by atoms with Gasteiger partial charge in [-0.3, -0.25) is 20.2 Å². The second-order valence-electron chi connectivity index (χ2n) is 4.12. The number of nitrogens with zero attached hydrogens (tertiary/aromatic N) is 1. The van der Waals surface area contributed by atoms with E-state index >= 15 is 0 Å². The topological polar surface area (TPSA) is 94.6 Å². The van der Waals surface area contributed by atoms with Crippen molar-refractivity contribution in [3.05, 3.63) is 28.0 Å². The first-order valence-corrected chi connectivity index (χ1v) is 5.50. The number of hydrogen-bond donors (Lipinski definition) is 1. The van der Waals surface area contributed by atoms with Crippen LogP contribution >= 0.6 is 0 Å². The number of esters is 1. The maximum atomic E-state index is 11.5. The Morgan fingerprint density at radius 1 is 1.56 bits per heavy atom. The molecule has 1 aromatic heterocycles. The monoisotopic (exact) mass is 256 g/mol. The summed E-state index contributed by atoms with van der Waals surface area (Å²) in [6, 6.07) is 2.30. The van der Waals surface area contributed by atoms with Crippen LogP contribution in [0.4, 0.5) is 5.88 Å². The van der Waals surface area contributed by atoms with Crippen molar-refractivity contribution in [3.63, 3.8) is 0 Å². The van der Waals surface area contributed by atoms with E-state index in [1.54, 1.807) is 0 Å². The molecule has 0 radical (unpaired) electrons. The summed E-state index contributed by atoms with van der Waals surface area (Å²) in [5, 5.41) is 13.4. The Morgan fingerprint density at radius 3 is 2.67 bits per heavy atom. The number of rotatable bonds is 6. The fraction of sp³-hybridized carbons (Fsp3) is 0.545. The maximum absolute atomic E-state index is 11.5. The number of nitrogens with one attached hydrogen (secondary N) is 1. The predicted molar refractivity (Wildman–Crippen MR) is 62.8 cm³/mol. The molecule has 0 bridgehead atoms. The Balaban J connectivity index is 2.61. The highest BCUT2D eigenvalue weighted by molar-refractivity contribution is 5.75. The van der Waals surface area contributed by atoms with Crippen LogP contribution in [0.2, 0.25) is 0 Å². The number of ether oxygens (including phenoxy) is 1. The Kier molecular flexibility index (Phi) is 4.85. The largest absolute Gasteiger partial charge is 0.468 e. The molecule has 0 fully saturated rings. The number of furan rings is 1. The van der Waals surface area contributed by atoms with Crippen LogP contribution in [0, 0.1) is 16.0 Å². The van der Waals surface area contributed by atoms with Gasteiger partial charge in [-0.1, -0.05) is 13.8 Å². The minimum atomic E-state index is -0.607. The molecule has 7 heteroatoms. The number of nitro groups is 1. The molecule has 0 aliphatic rings. The minimum absolute atomic E-state index is 0.0439. The first-order valence-electron chi connectivity index (χ1n) is 5.50. The first-order chi connectivity index (χ1) is 8.45. The summed E-state index contributed by atoms with van der Waals surface area (Å²) in [5.41, 5.74) is 0. The summed E-state index contributed by atoms with van der Waals surface area (Å²) in [4.78, 5) is 21.3. The lowest BCUT2D eigenvalue weighted by molar-refractivity contribution is -0.402. The normalized spacial score (nSPS) is 12.4. The van der Waals surface area contributed by atoms with E-state index in [2.05, 4.69) is 10.1 Å². The fourth-order valence-corrected chi connectivity index (χ4v) is 1.49. The lowest BCUT2D eigenvalue weighted by atomic mass is 10.0. The summed E-state index contributed by atoms with van der Waals surface area (Å²) in [6.45, 7) is 3.98. The zero-order chi connectivity index (χ0) is 13.7. The lowest BCUT2D eigenvalue weighted by Gasteiger charge is -2.18. The van der Waals surface area contributed by atoms with E-state index < -0.39 is 11.0 Å². The van der Waals surface area contributed by atoms with Gasteiger partial charge in [0.1, 0.15) is 16.7 Å². The van der Waals surface area contributed by atoms with Gasteiger partial charge in [0.15, 0.2) is 0 Å². The van der Waals surface area contributed by atoms with E-state index in [0.717, 1.165) is 0 Å². The summed E-state index contributed by atoms with van der Waals surface area (Å²) in [5.74, 6) is -0.240. The van der Waals surface area contributed by atoms with Crippen LogP contribution < -0.4 is 5.32 Å². The number of methoxy groups -OCH3 is 1. The molecule has 1 N–H and O–H groups in total. The fourth-order valence-electron chi connectivity index (χ4n) is 1.49. The van der Waals surface area contributed by atoms with Crippen molar-refractivity contribution >= 4 is 11.9 Å². The van der Waals surface area contributed by atoms with Crippen molar-refractivity contribution in [2.75, 3.05) is 7.11 Å². The van der Waals surface area contributed by atoms with E-state index in [0.29, 0.717) is 5.76 Å². The van der Waals surface area contributed by atoms with Crippen LogP contribution in [0.25, 0.3) is 0 Å². The Labute approximate surface area is 104 Å². The summed E-state index contributed by atoms with van der Waals surface area (Å²) < 4.78 is 9.64. The standard InChI is InChI=1S/C11H16N2O5/c1-7(2)10(11(14)17-3)12-6-8-4-5-9(18-8)13(15)16/h4-5,7,10,12H,6H2,1-3H3/t10-/m1/s1. The lowest BCUT2D eigenvalue weighted by Crippen LogP contribution is -2.41. The number of carbonyl (C=O) groups excluding carboxylic acids is 1. The van der Waals surface area contributed by atoms with Gasteiger partial charge < -0.3 is 9.15 Å². The van der Waals surface area contributed by atoms with Gasteiger partial charge in [0, 0.05) is 0 Å².